The number of halogens is 1. The Kier molecular flexibility index (Phi) is 8.25. The minimum atomic E-state index is -0.849. The van der Waals surface area contributed by atoms with Crippen molar-refractivity contribution in [2.24, 2.45) is 0 Å². The number of nitrogens with zero attached hydrogens (tertiary/aromatic N) is 5. The van der Waals surface area contributed by atoms with E-state index < -0.39 is 18.2 Å². The number of benzene rings is 3. The normalized spacial score (nSPS) is 19.8. The average Bonchev–Trinajstić information content (AvgIpc) is 3.02. The molecule has 10 heteroatoms. The lowest BCUT2D eigenvalue weighted by molar-refractivity contribution is -0.204. The van der Waals surface area contributed by atoms with Crippen LogP contribution < -0.4 is 0 Å². The molecule has 3 aromatic carbocycles. The second-order valence-corrected chi connectivity index (χ2v) is 11.8. The van der Waals surface area contributed by atoms with Gasteiger partial charge in [0.15, 0.2) is 0 Å². The first kappa shape index (κ1) is 29.6. The number of aromatic hydroxyl groups is 1. The molecule has 44 heavy (non-hydrogen) atoms. The molecule has 4 aromatic rings. The van der Waals surface area contributed by atoms with E-state index in [1.165, 1.54) is 0 Å². The van der Waals surface area contributed by atoms with E-state index in [0.717, 1.165) is 22.1 Å². The molecule has 3 amide bonds. The number of rotatable bonds is 7. The Morgan fingerprint density at radius 2 is 1.75 bits per heavy atom. The maximum Gasteiger partial charge on any atom is 0.246 e. The van der Waals surface area contributed by atoms with E-state index in [-0.39, 0.29) is 49.4 Å². The Morgan fingerprint density at radius 1 is 1.00 bits per heavy atom. The van der Waals surface area contributed by atoms with E-state index in [2.05, 4.69) is 4.98 Å². The standard InChI is InChI=1S/C34H34ClN5O4/c1-22(26-15-16-28(35)27-9-6-18-36-33(26)27)38-20-30-39(29(34(38)44)19-24-10-13-25(41)14-11-24)32(43)21-37(2)40(30)31(42)17-12-23-7-4-3-5-8-23/h3-11,13-16,18,22,29-30,41H,12,17,19-21H2,1-2H3/t22-,29+,30?/m1/s1. The maximum absolute atomic E-state index is 14.4. The number of carbonyl (C=O) groups is 3. The molecule has 2 saturated heterocycles. The molecule has 2 fully saturated rings. The quantitative estimate of drug-likeness (QED) is 0.329. The zero-order valence-electron chi connectivity index (χ0n) is 24.6. The van der Waals surface area contributed by atoms with E-state index in [1.54, 1.807) is 57.3 Å². The van der Waals surface area contributed by atoms with Crippen LogP contribution in [0.4, 0.5) is 0 Å². The van der Waals surface area contributed by atoms with Crippen LogP contribution in [0.2, 0.25) is 5.02 Å². The Balaban J connectivity index is 1.38. The zero-order valence-corrected chi connectivity index (χ0v) is 25.4. The van der Waals surface area contributed by atoms with Crippen molar-refractivity contribution in [2.75, 3.05) is 20.1 Å². The molecular formula is C34H34ClN5O4. The molecule has 3 heterocycles. The van der Waals surface area contributed by atoms with Gasteiger partial charge in [-0.1, -0.05) is 60.1 Å². The van der Waals surface area contributed by atoms with Crippen LogP contribution >= 0.6 is 11.6 Å². The lowest BCUT2D eigenvalue weighted by atomic mass is 9.95. The molecule has 0 saturated carbocycles. The van der Waals surface area contributed by atoms with Gasteiger partial charge in [0.2, 0.25) is 17.7 Å². The van der Waals surface area contributed by atoms with E-state index in [1.807, 2.05) is 61.5 Å². The summed E-state index contributed by atoms with van der Waals surface area (Å²) < 4.78 is 0. The minimum Gasteiger partial charge on any atom is -0.508 e. The predicted molar refractivity (Wildman–Crippen MR) is 167 cm³/mol. The lowest BCUT2D eigenvalue weighted by Crippen LogP contribution is -2.75. The first-order valence-corrected chi connectivity index (χ1v) is 15.1. The van der Waals surface area contributed by atoms with Crippen LogP contribution in [-0.4, -0.2) is 80.0 Å². The summed E-state index contributed by atoms with van der Waals surface area (Å²) in [6.45, 7) is 2.06. The molecule has 3 atom stereocenters. The van der Waals surface area contributed by atoms with Crippen molar-refractivity contribution >= 4 is 40.2 Å². The zero-order chi connectivity index (χ0) is 31.0. The van der Waals surface area contributed by atoms with E-state index in [9.17, 15) is 19.5 Å². The third-order valence-corrected chi connectivity index (χ3v) is 8.97. The number of carbonyl (C=O) groups excluding carboxylic acids is 3. The molecule has 0 radical (unpaired) electrons. The number of aryl methyl sites for hydroxylation is 1. The van der Waals surface area contributed by atoms with Gasteiger partial charge in [0, 0.05) is 42.1 Å². The number of pyridine rings is 1. The van der Waals surface area contributed by atoms with E-state index in [4.69, 9.17) is 11.6 Å². The van der Waals surface area contributed by atoms with Gasteiger partial charge in [-0.05, 0) is 54.8 Å². The first-order valence-electron chi connectivity index (χ1n) is 14.7. The SMILES string of the molecule is C[C@H](c1ccc(Cl)c2cccnc12)N1CC2N(C(=O)CN(C)N2C(=O)CCc2ccccc2)[C@@H](Cc2ccc(O)cc2)C1=O. The highest BCUT2D eigenvalue weighted by atomic mass is 35.5. The fourth-order valence-corrected chi connectivity index (χ4v) is 6.63. The number of amides is 3. The van der Waals surface area contributed by atoms with Gasteiger partial charge in [0.05, 0.1) is 24.6 Å². The summed E-state index contributed by atoms with van der Waals surface area (Å²) in [6.07, 6.45) is 2.05. The predicted octanol–water partition coefficient (Wildman–Crippen LogP) is 4.58. The fourth-order valence-electron chi connectivity index (χ4n) is 6.41. The number of fused-ring (bicyclic) bond motifs is 2. The van der Waals surface area contributed by atoms with Gasteiger partial charge in [-0.15, -0.1) is 0 Å². The molecular weight excluding hydrogens is 578 g/mol. The molecule has 2 aliphatic heterocycles. The summed E-state index contributed by atoms with van der Waals surface area (Å²) in [6, 6.07) is 22.6. The third-order valence-electron chi connectivity index (χ3n) is 8.64. The highest BCUT2D eigenvalue weighted by Gasteiger charge is 2.51. The number of hydrazine groups is 1. The van der Waals surface area contributed by atoms with Crippen molar-refractivity contribution in [3.8, 4) is 5.75 Å². The molecule has 2 aliphatic rings. The minimum absolute atomic E-state index is 0.0196. The Hall–Kier alpha value is -4.47. The number of piperazine rings is 1. The number of likely N-dealkylation sites (N-methyl/N-ethyl adjacent to an activating group) is 1. The summed E-state index contributed by atoms with van der Waals surface area (Å²) in [4.78, 5) is 49.9. The molecule has 9 nitrogen and oxygen atoms in total. The summed E-state index contributed by atoms with van der Waals surface area (Å²) >= 11 is 6.49. The highest BCUT2D eigenvalue weighted by Crippen LogP contribution is 2.36. The lowest BCUT2D eigenvalue weighted by Gasteiger charge is -2.55. The molecule has 1 N–H and O–H groups in total. The highest BCUT2D eigenvalue weighted by molar-refractivity contribution is 6.35. The van der Waals surface area contributed by atoms with E-state index >= 15 is 0 Å². The molecule has 1 aromatic heterocycles. The van der Waals surface area contributed by atoms with Gasteiger partial charge < -0.3 is 14.9 Å². The second-order valence-electron chi connectivity index (χ2n) is 11.4. The van der Waals surface area contributed by atoms with Gasteiger partial charge in [0.25, 0.3) is 0 Å². The smallest absolute Gasteiger partial charge is 0.246 e. The molecule has 1 unspecified atom stereocenters. The molecule has 226 valence electrons. The Bertz CT molecular complexity index is 1700. The van der Waals surface area contributed by atoms with Gasteiger partial charge in [-0.2, -0.15) is 0 Å². The second kappa shape index (κ2) is 12.3. The number of hydrogen-bond acceptors (Lipinski definition) is 6. The van der Waals surface area contributed by atoms with Crippen LogP contribution in [0.15, 0.2) is 85.1 Å². The summed E-state index contributed by atoms with van der Waals surface area (Å²) in [5.74, 6) is -0.435. The number of phenols is 1. The van der Waals surface area contributed by atoms with Gasteiger partial charge in [-0.3, -0.25) is 24.4 Å². The summed E-state index contributed by atoms with van der Waals surface area (Å²) in [7, 11) is 1.74. The van der Waals surface area contributed by atoms with Crippen LogP contribution in [0.25, 0.3) is 10.9 Å². The Morgan fingerprint density at radius 3 is 2.50 bits per heavy atom. The van der Waals surface area contributed by atoms with Crippen LogP contribution in [-0.2, 0) is 27.2 Å². The van der Waals surface area contributed by atoms with Crippen molar-refractivity contribution in [2.45, 2.75) is 44.4 Å². The van der Waals surface area contributed by atoms with Crippen LogP contribution in [0.3, 0.4) is 0 Å². The van der Waals surface area contributed by atoms with Gasteiger partial charge in [0.1, 0.15) is 18.0 Å². The fraction of sp³-hybridized carbons (Fsp3) is 0.294. The maximum atomic E-state index is 14.4. The van der Waals surface area contributed by atoms with Gasteiger partial charge in [-0.25, -0.2) is 5.01 Å². The Labute approximate surface area is 261 Å². The van der Waals surface area contributed by atoms with Crippen molar-refractivity contribution in [1.29, 1.82) is 0 Å². The van der Waals surface area contributed by atoms with Crippen LogP contribution in [0.5, 0.6) is 5.75 Å². The number of phenolic OH excluding ortho intramolecular Hbond substituents is 1. The van der Waals surface area contributed by atoms with E-state index in [0.29, 0.717) is 17.0 Å². The average molecular weight is 612 g/mol. The number of aromatic nitrogens is 1. The topological polar surface area (TPSA) is 97.3 Å². The van der Waals surface area contributed by atoms with Crippen molar-refractivity contribution in [3.63, 3.8) is 0 Å². The largest absolute Gasteiger partial charge is 0.508 e. The van der Waals surface area contributed by atoms with Crippen LogP contribution in [0.1, 0.15) is 36.1 Å². The summed E-state index contributed by atoms with van der Waals surface area (Å²) in [5.41, 5.74) is 3.37. The number of hydrogen-bond donors (Lipinski definition) is 1. The third kappa shape index (κ3) is 5.60. The molecule has 0 bridgehead atoms. The van der Waals surface area contributed by atoms with Crippen molar-refractivity contribution in [1.82, 2.24) is 24.8 Å². The molecule has 6 rings (SSSR count). The molecule has 0 spiro atoms. The molecule has 0 aliphatic carbocycles. The van der Waals surface area contributed by atoms with Crippen LogP contribution in [0, 0.1) is 0 Å². The van der Waals surface area contributed by atoms with Crippen molar-refractivity contribution in [3.05, 3.63) is 107 Å². The van der Waals surface area contributed by atoms with Gasteiger partial charge >= 0.3 is 0 Å². The monoisotopic (exact) mass is 611 g/mol. The summed E-state index contributed by atoms with van der Waals surface area (Å²) in [5, 5.41) is 14.5. The first-order chi connectivity index (χ1) is 21.2. The van der Waals surface area contributed by atoms with Crippen molar-refractivity contribution < 1.29 is 19.5 Å².